The molecule has 1 saturated carbocycles. The van der Waals surface area contributed by atoms with Crippen LogP contribution in [0.15, 0.2) is 23.1 Å². The average Bonchev–Trinajstić information content (AvgIpc) is 2.40. The van der Waals surface area contributed by atoms with E-state index in [1.165, 1.54) is 17.8 Å². The van der Waals surface area contributed by atoms with E-state index in [2.05, 4.69) is 0 Å². The summed E-state index contributed by atoms with van der Waals surface area (Å²) in [7, 11) is 0. The van der Waals surface area contributed by atoms with Crippen molar-refractivity contribution in [1.82, 2.24) is 0 Å². The van der Waals surface area contributed by atoms with Crippen molar-refractivity contribution in [2.24, 2.45) is 0 Å². The van der Waals surface area contributed by atoms with E-state index in [1.807, 2.05) is 0 Å². The third-order valence-electron chi connectivity index (χ3n) is 3.82. The molecule has 1 aliphatic carbocycles. The van der Waals surface area contributed by atoms with E-state index in [0.717, 1.165) is 24.8 Å². The fourth-order valence-corrected chi connectivity index (χ4v) is 3.25. The van der Waals surface area contributed by atoms with Crippen LogP contribution in [0.1, 0.15) is 37.7 Å². The van der Waals surface area contributed by atoms with Crippen molar-refractivity contribution in [2.45, 2.75) is 42.4 Å². The van der Waals surface area contributed by atoms with Crippen LogP contribution in [0.4, 0.5) is 4.39 Å². The molecule has 1 aliphatic rings. The minimum absolute atomic E-state index is 0.275. The normalized spacial score (nSPS) is 18.6. The monoisotopic (exact) mass is 268 g/mol. The Morgan fingerprint density at radius 3 is 2.56 bits per heavy atom. The molecule has 0 bridgehead atoms. The van der Waals surface area contributed by atoms with Crippen LogP contribution in [-0.2, 0) is 10.2 Å². The van der Waals surface area contributed by atoms with Gasteiger partial charge in [0.2, 0.25) is 0 Å². The van der Waals surface area contributed by atoms with Gasteiger partial charge in [0.1, 0.15) is 5.82 Å². The van der Waals surface area contributed by atoms with Gasteiger partial charge >= 0.3 is 5.97 Å². The first-order valence-electron chi connectivity index (χ1n) is 6.17. The summed E-state index contributed by atoms with van der Waals surface area (Å²) in [6.45, 7) is 0. The highest BCUT2D eigenvalue weighted by molar-refractivity contribution is 7.98. The standard InChI is InChI=1S/C14H17FO2S/c1-18-12-9-10(5-6-11(12)15)14(13(16)17)7-3-2-4-8-14/h5-6,9H,2-4,7-8H2,1H3,(H,16,17). The van der Waals surface area contributed by atoms with Crippen LogP contribution >= 0.6 is 11.8 Å². The molecule has 0 radical (unpaired) electrons. The lowest BCUT2D eigenvalue weighted by atomic mass is 9.69. The summed E-state index contributed by atoms with van der Waals surface area (Å²) < 4.78 is 13.5. The van der Waals surface area contributed by atoms with Crippen LogP contribution in [0.3, 0.4) is 0 Å². The summed E-state index contributed by atoms with van der Waals surface area (Å²) in [6, 6.07) is 4.73. The van der Waals surface area contributed by atoms with Crippen LogP contribution < -0.4 is 0 Å². The Labute approximate surface area is 111 Å². The average molecular weight is 268 g/mol. The third-order valence-corrected chi connectivity index (χ3v) is 4.57. The Balaban J connectivity index is 2.45. The van der Waals surface area contributed by atoms with Crippen LogP contribution in [0.2, 0.25) is 0 Å². The second kappa shape index (κ2) is 5.31. The number of halogens is 1. The predicted molar refractivity (Wildman–Crippen MR) is 70.6 cm³/mol. The molecule has 0 amide bonds. The third kappa shape index (κ3) is 2.26. The molecule has 4 heteroatoms. The molecule has 0 aromatic heterocycles. The van der Waals surface area contributed by atoms with Crippen molar-refractivity contribution in [1.29, 1.82) is 0 Å². The van der Waals surface area contributed by atoms with Crippen LogP contribution in [0, 0.1) is 5.82 Å². The van der Waals surface area contributed by atoms with Gasteiger partial charge in [-0.15, -0.1) is 11.8 Å². The van der Waals surface area contributed by atoms with E-state index in [4.69, 9.17) is 0 Å². The molecule has 0 saturated heterocycles. The maximum absolute atomic E-state index is 13.5. The molecular weight excluding hydrogens is 251 g/mol. The van der Waals surface area contributed by atoms with Gasteiger partial charge in [0.25, 0.3) is 0 Å². The summed E-state index contributed by atoms with van der Waals surface area (Å²) in [6.07, 6.45) is 6.06. The Bertz CT molecular complexity index is 453. The molecule has 1 aromatic carbocycles. The van der Waals surface area contributed by atoms with Crippen molar-refractivity contribution in [2.75, 3.05) is 6.26 Å². The molecule has 0 unspecified atom stereocenters. The molecule has 1 N–H and O–H groups in total. The number of aliphatic carboxylic acids is 1. The van der Waals surface area contributed by atoms with Crippen molar-refractivity contribution in [3.63, 3.8) is 0 Å². The molecule has 0 atom stereocenters. The number of carboxylic acid groups (broad SMARTS) is 1. The maximum Gasteiger partial charge on any atom is 0.314 e. The highest BCUT2D eigenvalue weighted by atomic mass is 32.2. The van der Waals surface area contributed by atoms with Crippen LogP contribution in [0.25, 0.3) is 0 Å². The maximum atomic E-state index is 13.5. The lowest BCUT2D eigenvalue weighted by Crippen LogP contribution is -2.37. The molecule has 2 rings (SSSR count). The van der Waals surface area contributed by atoms with Crippen molar-refractivity contribution >= 4 is 17.7 Å². The van der Waals surface area contributed by atoms with Gasteiger partial charge in [0.15, 0.2) is 0 Å². The molecule has 0 heterocycles. The zero-order chi connectivity index (χ0) is 13.2. The van der Waals surface area contributed by atoms with E-state index in [-0.39, 0.29) is 5.82 Å². The topological polar surface area (TPSA) is 37.3 Å². The lowest BCUT2D eigenvalue weighted by Gasteiger charge is -2.33. The number of carboxylic acids is 1. The first-order chi connectivity index (χ1) is 8.60. The number of thioether (sulfide) groups is 1. The van der Waals surface area contributed by atoms with Gasteiger partial charge in [-0.05, 0) is 36.8 Å². The minimum atomic E-state index is -0.809. The Hall–Kier alpha value is -1.03. The Morgan fingerprint density at radius 1 is 1.33 bits per heavy atom. The quantitative estimate of drug-likeness (QED) is 0.846. The summed E-state index contributed by atoms with van der Waals surface area (Å²) in [4.78, 5) is 12.2. The van der Waals surface area contributed by atoms with Gasteiger partial charge in [0.05, 0.1) is 5.41 Å². The fourth-order valence-electron chi connectivity index (χ4n) is 2.74. The zero-order valence-corrected chi connectivity index (χ0v) is 11.2. The summed E-state index contributed by atoms with van der Waals surface area (Å²) in [5.41, 5.74) is -0.0587. The molecule has 0 aliphatic heterocycles. The van der Waals surface area contributed by atoms with Crippen molar-refractivity contribution in [3.05, 3.63) is 29.6 Å². The van der Waals surface area contributed by atoms with Gasteiger partial charge in [0, 0.05) is 4.90 Å². The largest absolute Gasteiger partial charge is 0.481 e. The summed E-state index contributed by atoms with van der Waals surface area (Å²) >= 11 is 1.32. The van der Waals surface area contributed by atoms with Gasteiger partial charge in [-0.3, -0.25) is 4.79 Å². The van der Waals surface area contributed by atoms with Gasteiger partial charge in [-0.2, -0.15) is 0 Å². The smallest absolute Gasteiger partial charge is 0.314 e. The van der Waals surface area contributed by atoms with E-state index in [1.54, 1.807) is 18.4 Å². The lowest BCUT2D eigenvalue weighted by molar-refractivity contribution is -0.145. The SMILES string of the molecule is CSc1cc(C2(C(=O)O)CCCCC2)ccc1F. The van der Waals surface area contributed by atoms with E-state index in [0.29, 0.717) is 17.7 Å². The first kappa shape index (κ1) is 13.4. The van der Waals surface area contributed by atoms with E-state index in [9.17, 15) is 14.3 Å². The highest BCUT2D eigenvalue weighted by Crippen LogP contribution is 2.41. The van der Waals surface area contributed by atoms with Crippen molar-refractivity contribution in [3.8, 4) is 0 Å². The molecule has 0 spiro atoms. The molecule has 98 valence electrons. The number of carbonyl (C=O) groups is 1. The van der Waals surface area contributed by atoms with E-state index < -0.39 is 11.4 Å². The summed E-state index contributed by atoms with van der Waals surface area (Å²) in [5, 5.41) is 9.57. The molecule has 2 nitrogen and oxygen atoms in total. The zero-order valence-electron chi connectivity index (χ0n) is 10.4. The Morgan fingerprint density at radius 2 is 2.00 bits per heavy atom. The number of hydrogen-bond donors (Lipinski definition) is 1. The minimum Gasteiger partial charge on any atom is -0.481 e. The van der Waals surface area contributed by atoms with Crippen LogP contribution in [-0.4, -0.2) is 17.3 Å². The fraction of sp³-hybridized carbons (Fsp3) is 0.500. The number of rotatable bonds is 3. The van der Waals surface area contributed by atoms with Gasteiger partial charge in [-0.25, -0.2) is 4.39 Å². The van der Waals surface area contributed by atoms with Crippen LogP contribution in [0.5, 0.6) is 0 Å². The number of hydrogen-bond acceptors (Lipinski definition) is 2. The number of benzene rings is 1. The second-order valence-corrected chi connectivity index (χ2v) is 5.65. The van der Waals surface area contributed by atoms with E-state index >= 15 is 0 Å². The molecule has 1 aromatic rings. The van der Waals surface area contributed by atoms with Crippen molar-refractivity contribution < 1.29 is 14.3 Å². The predicted octanol–water partition coefficient (Wildman–Crippen LogP) is 3.83. The highest BCUT2D eigenvalue weighted by Gasteiger charge is 2.41. The molecule has 1 fully saturated rings. The molecule has 18 heavy (non-hydrogen) atoms. The van der Waals surface area contributed by atoms with Gasteiger partial charge < -0.3 is 5.11 Å². The summed E-state index contributed by atoms with van der Waals surface area (Å²) in [5.74, 6) is -1.05. The first-order valence-corrected chi connectivity index (χ1v) is 7.40. The van der Waals surface area contributed by atoms with Gasteiger partial charge in [-0.1, -0.05) is 25.3 Å². The second-order valence-electron chi connectivity index (χ2n) is 4.80. The Kier molecular flexibility index (Phi) is 3.95. The molecular formula is C14H17FO2S.